The molecule has 2 rings (SSSR count). The molecule has 0 spiro atoms. The predicted octanol–water partition coefficient (Wildman–Crippen LogP) is 3.62. The highest BCUT2D eigenvalue weighted by atomic mass is 35.5. The van der Waals surface area contributed by atoms with E-state index in [1.54, 1.807) is 17.4 Å². The second-order valence-electron chi connectivity index (χ2n) is 5.34. The maximum Gasteiger partial charge on any atom is 0.418 e. The van der Waals surface area contributed by atoms with Crippen LogP contribution in [0, 0.1) is 0 Å². The summed E-state index contributed by atoms with van der Waals surface area (Å²) in [4.78, 5) is 12.0. The number of hydrogen-bond acceptors (Lipinski definition) is 1. The summed E-state index contributed by atoms with van der Waals surface area (Å²) < 4.78 is 38.7. The van der Waals surface area contributed by atoms with Crippen molar-refractivity contribution in [3.05, 3.63) is 64.7 Å². The van der Waals surface area contributed by atoms with E-state index in [-0.39, 0.29) is 18.3 Å². The van der Waals surface area contributed by atoms with Gasteiger partial charge in [0.1, 0.15) is 6.04 Å². The second kappa shape index (κ2) is 7.68. The molecule has 3 nitrogen and oxygen atoms in total. The first-order chi connectivity index (χ1) is 11.3. The van der Waals surface area contributed by atoms with Gasteiger partial charge in [-0.2, -0.15) is 13.2 Å². The lowest BCUT2D eigenvalue weighted by molar-refractivity contribution is -0.682. The van der Waals surface area contributed by atoms with Gasteiger partial charge in [0.2, 0.25) is 0 Å². The number of rotatable bonds is 5. The zero-order valence-electron chi connectivity index (χ0n) is 12.9. The number of para-hydroxylation sites is 1. The van der Waals surface area contributed by atoms with Crippen LogP contribution in [0.5, 0.6) is 0 Å². The SMILES string of the molecule is C[C@H]([NH2+]CC(=O)Nc1ccccc1C(F)(F)F)c1ccccc1Cl. The lowest BCUT2D eigenvalue weighted by atomic mass is 10.1. The first kappa shape index (κ1) is 18.3. The Morgan fingerprint density at radius 3 is 2.46 bits per heavy atom. The van der Waals surface area contributed by atoms with Gasteiger partial charge < -0.3 is 10.6 Å². The quantitative estimate of drug-likeness (QED) is 0.843. The van der Waals surface area contributed by atoms with Gasteiger partial charge in [-0.1, -0.05) is 41.9 Å². The van der Waals surface area contributed by atoms with Crippen molar-refractivity contribution in [1.82, 2.24) is 0 Å². The zero-order chi connectivity index (χ0) is 17.7. The number of benzene rings is 2. The van der Waals surface area contributed by atoms with E-state index in [1.807, 2.05) is 19.1 Å². The fraction of sp³-hybridized carbons (Fsp3) is 0.235. The van der Waals surface area contributed by atoms with Gasteiger partial charge in [0.05, 0.1) is 11.3 Å². The third-order valence-corrected chi connectivity index (χ3v) is 3.90. The molecule has 0 aromatic heterocycles. The molecule has 0 aliphatic rings. The molecule has 0 fully saturated rings. The number of amides is 1. The lowest BCUT2D eigenvalue weighted by Crippen LogP contribution is -2.86. The van der Waals surface area contributed by atoms with Crippen molar-refractivity contribution in [2.45, 2.75) is 19.1 Å². The van der Waals surface area contributed by atoms with Crippen molar-refractivity contribution >= 4 is 23.2 Å². The van der Waals surface area contributed by atoms with Crippen LogP contribution in [-0.4, -0.2) is 12.5 Å². The molecule has 0 saturated carbocycles. The van der Waals surface area contributed by atoms with E-state index in [0.717, 1.165) is 11.6 Å². The Bertz CT molecular complexity index is 719. The van der Waals surface area contributed by atoms with E-state index in [4.69, 9.17) is 11.6 Å². The molecule has 2 aromatic rings. The highest BCUT2D eigenvalue weighted by Gasteiger charge is 2.33. The first-order valence-corrected chi connectivity index (χ1v) is 7.70. The van der Waals surface area contributed by atoms with Gasteiger partial charge in [-0.15, -0.1) is 0 Å². The maximum absolute atomic E-state index is 12.9. The topological polar surface area (TPSA) is 45.7 Å². The number of nitrogens with two attached hydrogens (primary N) is 1. The van der Waals surface area contributed by atoms with Crippen LogP contribution in [0.1, 0.15) is 24.1 Å². The van der Waals surface area contributed by atoms with Crippen LogP contribution < -0.4 is 10.6 Å². The Hall–Kier alpha value is -2.05. The molecular formula is C17H17ClF3N2O+. The van der Waals surface area contributed by atoms with E-state index >= 15 is 0 Å². The van der Waals surface area contributed by atoms with Gasteiger partial charge in [-0.25, -0.2) is 0 Å². The van der Waals surface area contributed by atoms with Gasteiger partial charge in [0, 0.05) is 10.6 Å². The number of halogens is 4. The Kier molecular flexibility index (Phi) is 5.85. The monoisotopic (exact) mass is 357 g/mol. The van der Waals surface area contributed by atoms with E-state index in [2.05, 4.69) is 5.32 Å². The Balaban J connectivity index is 1.99. The summed E-state index contributed by atoms with van der Waals surface area (Å²) in [5.74, 6) is -0.509. The predicted molar refractivity (Wildman–Crippen MR) is 86.7 cm³/mol. The molecular weight excluding hydrogens is 341 g/mol. The fourth-order valence-electron chi connectivity index (χ4n) is 2.30. The third-order valence-electron chi connectivity index (χ3n) is 3.56. The summed E-state index contributed by atoms with van der Waals surface area (Å²) in [5.41, 5.74) is -0.242. The maximum atomic E-state index is 12.9. The van der Waals surface area contributed by atoms with Crippen LogP contribution >= 0.6 is 11.6 Å². The standard InChI is InChI=1S/C17H16ClF3N2O/c1-11(12-6-2-4-8-14(12)18)22-10-16(24)23-15-9-5-3-7-13(15)17(19,20)21/h2-9,11,22H,10H2,1H3,(H,23,24)/p+1/t11-/m0/s1. The molecule has 1 amide bonds. The number of carbonyl (C=O) groups is 1. The minimum atomic E-state index is -4.52. The number of anilines is 1. The van der Waals surface area contributed by atoms with Crippen LogP contribution in [0.3, 0.4) is 0 Å². The molecule has 2 aromatic carbocycles. The van der Waals surface area contributed by atoms with Crippen molar-refractivity contribution in [3.63, 3.8) is 0 Å². The van der Waals surface area contributed by atoms with E-state index in [9.17, 15) is 18.0 Å². The summed E-state index contributed by atoms with van der Waals surface area (Å²) in [5, 5.41) is 4.62. The molecule has 0 aliphatic carbocycles. The van der Waals surface area contributed by atoms with Crippen LogP contribution in [0.4, 0.5) is 18.9 Å². The molecule has 24 heavy (non-hydrogen) atoms. The zero-order valence-corrected chi connectivity index (χ0v) is 13.7. The molecule has 0 heterocycles. The third kappa shape index (κ3) is 4.72. The van der Waals surface area contributed by atoms with Crippen LogP contribution in [-0.2, 0) is 11.0 Å². The van der Waals surface area contributed by atoms with Crippen molar-refractivity contribution in [2.75, 3.05) is 11.9 Å². The summed E-state index contributed by atoms with van der Waals surface area (Å²) >= 11 is 6.09. The Morgan fingerprint density at radius 2 is 1.79 bits per heavy atom. The van der Waals surface area contributed by atoms with Crippen molar-refractivity contribution < 1.29 is 23.3 Å². The van der Waals surface area contributed by atoms with Crippen molar-refractivity contribution in [3.8, 4) is 0 Å². The number of carbonyl (C=O) groups excluding carboxylic acids is 1. The molecule has 3 N–H and O–H groups in total. The normalized spacial score (nSPS) is 12.7. The molecule has 7 heteroatoms. The van der Waals surface area contributed by atoms with E-state index in [0.29, 0.717) is 5.02 Å². The summed E-state index contributed by atoms with van der Waals surface area (Å²) in [6, 6.07) is 12.0. The lowest BCUT2D eigenvalue weighted by Gasteiger charge is -2.15. The van der Waals surface area contributed by atoms with Gasteiger partial charge in [-0.05, 0) is 25.1 Å². The molecule has 0 aliphatic heterocycles. The highest BCUT2D eigenvalue weighted by Crippen LogP contribution is 2.34. The summed E-state index contributed by atoms with van der Waals surface area (Å²) in [6.45, 7) is 1.86. The first-order valence-electron chi connectivity index (χ1n) is 7.33. The number of quaternary nitrogens is 1. The summed E-state index contributed by atoms with van der Waals surface area (Å²) in [6.07, 6.45) is -4.52. The number of hydrogen-bond donors (Lipinski definition) is 2. The van der Waals surface area contributed by atoms with Gasteiger partial charge in [-0.3, -0.25) is 4.79 Å². The van der Waals surface area contributed by atoms with Crippen molar-refractivity contribution in [2.24, 2.45) is 0 Å². The van der Waals surface area contributed by atoms with Gasteiger partial charge >= 0.3 is 6.18 Å². The molecule has 128 valence electrons. The minimum Gasteiger partial charge on any atom is -0.332 e. The van der Waals surface area contributed by atoms with Gasteiger partial charge in [0.15, 0.2) is 6.54 Å². The van der Waals surface area contributed by atoms with E-state index in [1.165, 1.54) is 18.2 Å². The van der Waals surface area contributed by atoms with Crippen LogP contribution in [0.25, 0.3) is 0 Å². The molecule has 0 radical (unpaired) electrons. The summed E-state index contributed by atoms with van der Waals surface area (Å²) in [7, 11) is 0. The largest absolute Gasteiger partial charge is 0.418 e. The number of alkyl halides is 3. The highest BCUT2D eigenvalue weighted by molar-refractivity contribution is 6.31. The average molecular weight is 358 g/mol. The number of nitrogens with one attached hydrogen (secondary N) is 1. The smallest absolute Gasteiger partial charge is 0.332 e. The average Bonchev–Trinajstić information content (AvgIpc) is 2.52. The molecule has 0 saturated heterocycles. The molecule has 0 bridgehead atoms. The Morgan fingerprint density at radius 1 is 1.17 bits per heavy atom. The van der Waals surface area contributed by atoms with Crippen LogP contribution in [0.2, 0.25) is 5.02 Å². The Labute approximate surface area is 142 Å². The minimum absolute atomic E-state index is 0.0153. The van der Waals surface area contributed by atoms with Crippen LogP contribution in [0.15, 0.2) is 48.5 Å². The van der Waals surface area contributed by atoms with Gasteiger partial charge in [0.25, 0.3) is 5.91 Å². The second-order valence-corrected chi connectivity index (χ2v) is 5.75. The van der Waals surface area contributed by atoms with E-state index < -0.39 is 17.6 Å². The molecule has 1 atom stereocenters. The van der Waals surface area contributed by atoms with Crippen molar-refractivity contribution in [1.29, 1.82) is 0 Å². The fourth-order valence-corrected chi connectivity index (χ4v) is 2.60. The molecule has 0 unspecified atom stereocenters.